The predicted octanol–water partition coefficient (Wildman–Crippen LogP) is 3.04. The van der Waals surface area contributed by atoms with Gasteiger partial charge in [0.15, 0.2) is 10.8 Å². The van der Waals surface area contributed by atoms with Crippen LogP contribution in [0.25, 0.3) is 0 Å². The van der Waals surface area contributed by atoms with Crippen LogP contribution in [-0.4, -0.2) is 14.7 Å². The second kappa shape index (κ2) is 5.85. The van der Waals surface area contributed by atoms with Crippen molar-refractivity contribution in [1.82, 2.24) is 4.98 Å². The Labute approximate surface area is 89.0 Å². The fourth-order valence-corrected chi connectivity index (χ4v) is 1.26. The van der Waals surface area contributed by atoms with Gasteiger partial charge in [-0.2, -0.15) is 13.2 Å². The van der Waals surface area contributed by atoms with Crippen LogP contribution in [0.15, 0.2) is 23.4 Å². The van der Waals surface area contributed by atoms with E-state index in [1.165, 1.54) is 12.3 Å². The van der Waals surface area contributed by atoms with Crippen LogP contribution in [0.3, 0.4) is 0 Å². The Bertz CT molecular complexity index is 321. The van der Waals surface area contributed by atoms with Crippen LogP contribution in [0.4, 0.5) is 13.2 Å². The zero-order valence-electron chi connectivity index (χ0n) is 8.63. The maximum atomic E-state index is 11.9. The summed E-state index contributed by atoms with van der Waals surface area (Å²) in [4.78, 5) is 3.42. The maximum absolute atomic E-state index is 11.9. The highest BCUT2D eigenvalue weighted by atomic mass is 32.2. The van der Waals surface area contributed by atoms with Crippen LogP contribution in [0.1, 0.15) is 19.4 Å². The number of halogens is 3. The number of aryl methyl sites for hydroxylation is 1. The standard InChI is InChI=1S/C7H6F3NOS.C2H6/c1-5-2-3-6(11-4-5)13(12)7(8,9)10;1-2/h2-4H,1H3;1-2H3. The summed E-state index contributed by atoms with van der Waals surface area (Å²) < 4.78 is 46.4. The van der Waals surface area contributed by atoms with E-state index >= 15 is 0 Å². The Balaban J connectivity index is 0.000000921. The zero-order chi connectivity index (χ0) is 12.1. The minimum Gasteiger partial charge on any atom is -0.247 e. The first-order valence-electron chi connectivity index (χ1n) is 4.32. The van der Waals surface area contributed by atoms with Crippen molar-refractivity contribution in [2.45, 2.75) is 31.3 Å². The highest BCUT2D eigenvalue weighted by Gasteiger charge is 2.38. The Morgan fingerprint density at radius 2 is 1.80 bits per heavy atom. The van der Waals surface area contributed by atoms with Crippen LogP contribution < -0.4 is 0 Å². The van der Waals surface area contributed by atoms with Crippen molar-refractivity contribution in [3.63, 3.8) is 0 Å². The summed E-state index contributed by atoms with van der Waals surface area (Å²) in [5.41, 5.74) is -4.01. The van der Waals surface area contributed by atoms with Crippen LogP contribution >= 0.6 is 0 Å². The Hall–Kier alpha value is -0.910. The van der Waals surface area contributed by atoms with Crippen molar-refractivity contribution in [3.05, 3.63) is 23.9 Å². The fraction of sp³-hybridized carbons (Fsp3) is 0.444. The van der Waals surface area contributed by atoms with Gasteiger partial charge in [-0.3, -0.25) is 0 Å². The molecule has 0 saturated heterocycles. The lowest BCUT2D eigenvalue weighted by Crippen LogP contribution is -2.17. The summed E-state index contributed by atoms with van der Waals surface area (Å²) in [7, 11) is -3.02. The van der Waals surface area contributed by atoms with Crippen molar-refractivity contribution in [1.29, 1.82) is 0 Å². The van der Waals surface area contributed by atoms with Crippen LogP contribution in [0.5, 0.6) is 0 Å². The first-order chi connectivity index (χ1) is 6.91. The number of alkyl halides is 3. The molecule has 0 aliphatic heterocycles. The summed E-state index contributed by atoms with van der Waals surface area (Å²) in [5.74, 6) is 0. The van der Waals surface area contributed by atoms with Crippen LogP contribution in [0, 0.1) is 6.92 Å². The number of aromatic nitrogens is 1. The molecule has 0 N–H and O–H groups in total. The molecule has 1 aromatic rings. The molecule has 0 radical (unpaired) electrons. The van der Waals surface area contributed by atoms with Crippen molar-refractivity contribution in [2.24, 2.45) is 0 Å². The number of hydrogen-bond acceptors (Lipinski definition) is 2. The molecule has 1 aromatic heterocycles. The molecule has 1 atom stereocenters. The highest BCUT2D eigenvalue weighted by molar-refractivity contribution is 7.85. The molecule has 15 heavy (non-hydrogen) atoms. The van der Waals surface area contributed by atoms with Gasteiger partial charge in [-0.05, 0) is 18.6 Å². The first-order valence-corrected chi connectivity index (χ1v) is 5.47. The lowest BCUT2D eigenvalue weighted by atomic mass is 10.3. The highest BCUT2D eigenvalue weighted by Crippen LogP contribution is 2.24. The number of pyridine rings is 1. The van der Waals surface area contributed by atoms with E-state index in [9.17, 15) is 17.4 Å². The van der Waals surface area contributed by atoms with Gasteiger partial charge in [0, 0.05) is 6.20 Å². The summed E-state index contributed by atoms with van der Waals surface area (Å²) in [5, 5.41) is -0.460. The predicted molar refractivity (Wildman–Crippen MR) is 52.8 cm³/mol. The van der Waals surface area contributed by atoms with Gasteiger partial charge in [0.2, 0.25) is 0 Å². The third-order valence-corrected chi connectivity index (χ3v) is 2.33. The molecule has 6 heteroatoms. The summed E-state index contributed by atoms with van der Waals surface area (Å²) in [6, 6.07) is 2.55. The molecule has 0 fully saturated rings. The Morgan fingerprint density at radius 3 is 2.13 bits per heavy atom. The molecular weight excluding hydrogens is 227 g/mol. The van der Waals surface area contributed by atoms with Crippen molar-refractivity contribution >= 4 is 10.8 Å². The monoisotopic (exact) mass is 239 g/mol. The quantitative estimate of drug-likeness (QED) is 0.754. The molecule has 86 valence electrons. The maximum Gasteiger partial charge on any atom is 0.477 e. The van der Waals surface area contributed by atoms with Crippen molar-refractivity contribution in [3.8, 4) is 0 Å². The molecule has 0 bridgehead atoms. The molecule has 0 aromatic carbocycles. The molecule has 0 saturated carbocycles. The van der Waals surface area contributed by atoms with Gasteiger partial charge < -0.3 is 0 Å². The van der Waals surface area contributed by atoms with Crippen LogP contribution in [0.2, 0.25) is 0 Å². The van der Waals surface area contributed by atoms with E-state index in [4.69, 9.17) is 0 Å². The van der Waals surface area contributed by atoms with E-state index in [1.54, 1.807) is 6.92 Å². The summed E-state index contributed by atoms with van der Waals surface area (Å²) in [6.45, 7) is 5.69. The summed E-state index contributed by atoms with van der Waals surface area (Å²) in [6.07, 6.45) is 1.25. The normalized spacial score (nSPS) is 12.7. The first kappa shape index (κ1) is 14.1. The van der Waals surface area contributed by atoms with E-state index in [0.717, 1.165) is 11.6 Å². The SMILES string of the molecule is CC.Cc1ccc(S(=O)C(F)(F)F)nc1. The molecule has 0 spiro atoms. The largest absolute Gasteiger partial charge is 0.477 e. The van der Waals surface area contributed by atoms with Gasteiger partial charge in [0.25, 0.3) is 0 Å². The number of rotatable bonds is 1. The topological polar surface area (TPSA) is 30.0 Å². The Morgan fingerprint density at radius 1 is 1.27 bits per heavy atom. The molecule has 1 unspecified atom stereocenters. The third-order valence-electron chi connectivity index (χ3n) is 1.28. The summed E-state index contributed by atoms with van der Waals surface area (Å²) >= 11 is 0. The second-order valence-electron chi connectivity index (χ2n) is 2.39. The average Bonchev–Trinajstić information content (AvgIpc) is 2.20. The average molecular weight is 239 g/mol. The van der Waals surface area contributed by atoms with E-state index < -0.39 is 21.3 Å². The van der Waals surface area contributed by atoms with E-state index in [2.05, 4.69) is 4.98 Å². The lowest BCUT2D eigenvalue weighted by Gasteiger charge is -2.04. The van der Waals surface area contributed by atoms with Gasteiger partial charge in [-0.1, -0.05) is 19.9 Å². The van der Waals surface area contributed by atoms with Crippen molar-refractivity contribution < 1.29 is 17.4 Å². The molecule has 2 nitrogen and oxygen atoms in total. The minimum atomic E-state index is -4.73. The van der Waals surface area contributed by atoms with Gasteiger partial charge in [0.05, 0.1) is 0 Å². The van der Waals surface area contributed by atoms with E-state index in [-0.39, 0.29) is 0 Å². The molecule has 0 aliphatic carbocycles. The number of hydrogen-bond donors (Lipinski definition) is 0. The fourth-order valence-electron chi connectivity index (χ4n) is 0.682. The molecule has 1 rings (SSSR count). The minimum absolute atomic E-state index is 0.460. The van der Waals surface area contributed by atoms with Gasteiger partial charge >= 0.3 is 5.51 Å². The molecule has 0 amide bonds. The van der Waals surface area contributed by atoms with Gasteiger partial charge in [-0.15, -0.1) is 0 Å². The van der Waals surface area contributed by atoms with Crippen molar-refractivity contribution in [2.75, 3.05) is 0 Å². The molecule has 1 heterocycles. The van der Waals surface area contributed by atoms with Crippen LogP contribution in [-0.2, 0) is 10.8 Å². The third kappa shape index (κ3) is 4.42. The van der Waals surface area contributed by atoms with E-state index in [1.807, 2.05) is 13.8 Å². The Kier molecular flexibility index (Phi) is 5.49. The van der Waals surface area contributed by atoms with Gasteiger partial charge in [-0.25, -0.2) is 9.19 Å². The molecule has 0 aliphatic rings. The van der Waals surface area contributed by atoms with E-state index in [0.29, 0.717) is 0 Å². The molecular formula is C9H12F3NOS. The zero-order valence-corrected chi connectivity index (χ0v) is 9.45. The van der Waals surface area contributed by atoms with Gasteiger partial charge in [0.1, 0.15) is 5.03 Å². The lowest BCUT2D eigenvalue weighted by molar-refractivity contribution is -0.0386. The smallest absolute Gasteiger partial charge is 0.247 e. The second-order valence-corrected chi connectivity index (χ2v) is 3.81. The number of nitrogens with zero attached hydrogens (tertiary/aromatic N) is 1.